The molecule has 2 aromatic rings. The van der Waals surface area contributed by atoms with Gasteiger partial charge in [0.1, 0.15) is 5.75 Å². The molecule has 1 N–H and O–H groups in total. The molecule has 106 valence electrons. The summed E-state index contributed by atoms with van der Waals surface area (Å²) in [7, 11) is 1.72. The molecule has 0 spiro atoms. The predicted octanol–water partition coefficient (Wildman–Crippen LogP) is 3.37. The summed E-state index contributed by atoms with van der Waals surface area (Å²) in [6, 6.07) is 13.0. The van der Waals surface area contributed by atoms with Crippen LogP contribution in [0.2, 0.25) is 0 Å². The first-order valence-electron chi connectivity index (χ1n) is 6.98. The fourth-order valence-electron chi connectivity index (χ4n) is 2.44. The van der Waals surface area contributed by atoms with Gasteiger partial charge in [0.2, 0.25) is 0 Å². The highest BCUT2D eigenvalue weighted by atomic mass is 16.5. The number of hydrogen-bond acceptors (Lipinski definition) is 3. The first kappa shape index (κ1) is 14.5. The molecule has 3 nitrogen and oxygen atoms in total. The minimum atomic E-state index is 0.308. The summed E-state index contributed by atoms with van der Waals surface area (Å²) < 4.78 is 5.40. The van der Waals surface area contributed by atoms with Crippen LogP contribution in [-0.2, 0) is 6.42 Å². The van der Waals surface area contributed by atoms with Gasteiger partial charge in [-0.1, -0.05) is 18.2 Å². The van der Waals surface area contributed by atoms with Crippen molar-refractivity contribution in [2.24, 2.45) is 0 Å². The van der Waals surface area contributed by atoms with E-state index in [1.807, 2.05) is 36.7 Å². The third-order valence-corrected chi connectivity index (χ3v) is 3.46. The number of benzene rings is 1. The van der Waals surface area contributed by atoms with Gasteiger partial charge in [0.05, 0.1) is 7.11 Å². The van der Waals surface area contributed by atoms with Crippen LogP contribution in [0.15, 0.2) is 48.8 Å². The highest BCUT2D eigenvalue weighted by Crippen LogP contribution is 2.20. The van der Waals surface area contributed by atoms with Crippen molar-refractivity contribution in [3.63, 3.8) is 0 Å². The third-order valence-electron chi connectivity index (χ3n) is 3.46. The Hall–Kier alpha value is -1.87. The Morgan fingerprint density at radius 3 is 2.50 bits per heavy atom. The van der Waals surface area contributed by atoms with Crippen LogP contribution in [0.25, 0.3) is 0 Å². The zero-order chi connectivity index (χ0) is 14.4. The summed E-state index contributed by atoms with van der Waals surface area (Å²) in [5.74, 6) is 0.956. The minimum Gasteiger partial charge on any atom is -0.496 e. The molecule has 20 heavy (non-hydrogen) atoms. The Balaban J connectivity index is 1.97. The summed E-state index contributed by atoms with van der Waals surface area (Å²) in [4.78, 5) is 4.05. The Morgan fingerprint density at radius 2 is 1.80 bits per heavy atom. The largest absolute Gasteiger partial charge is 0.496 e. The Morgan fingerprint density at radius 1 is 1.10 bits per heavy atom. The van der Waals surface area contributed by atoms with Gasteiger partial charge in [0, 0.05) is 24.5 Å². The van der Waals surface area contributed by atoms with Crippen molar-refractivity contribution in [3.8, 4) is 5.75 Å². The molecule has 1 heterocycles. The number of pyridine rings is 1. The Labute approximate surface area is 121 Å². The topological polar surface area (TPSA) is 34.1 Å². The SMILES string of the molecule is COc1ccccc1CC(C)N[C@@H](C)c1ccncc1. The number of aromatic nitrogens is 1. The molecule has 0 amide bonds. The molecule has 0 saturated carbocycles. The van der Waals surface area contributed by atoms with Crippen molar-refractivity contribution in [1.82, 2.24) is 10.3 Å². The molecule has 0 aliphatic rings. The van der Waals surface area contributed by atoms with Crippen LogP contribution in [0.1, 0.15) is 31.0 Å². The monoisotopic (exact) mass is 270 g/mol. The third kappa shape index (κ3) is 3.81. The number of hydrogen-bond donors (Lipinski definition) is 1. The van der Waals surface area contributed by atoms with Gasteiger partial charge < -0.3 is 10.1 Å². The summed E-state index contributed by atoms with van der Waals surface area (Å²) in [5.41, 5.74) is 2.49. The molecule has 1 aromatic carbocycles. The molecule has 1 unspecified atom stereocenters. The molecule has 0 radical (unpaired) electrons. The maximum Gasteiger partial charge on any atom is 0.122 e. The first-order chi connectivity index (χ1) is 9.70. The van der Waals surface area contributed by atoms with Gasteiger partial charge in [-0.15, -0.1) is 0 Å². The van der Waals surface area contributed by atoms with E-state index in [1.54, 1.807) is 7.11 Å². The lowest BCUT2D eigenvalue weighted by Gasteiger charge is -2.21. The zero-order valence-corrected chi connectivity index (χ0v) is 12.3. The number of rotatable bonds is 6. The van der Waals surface area contributed by atoms with Gasteiger partial charge in [0.15, 0.2) is 0 Å². The van der Waals surface area contributed by atoms with E-state index < -0.39 is 0 Å². The van der Waals surface area contributed by atoms with Crippen LogP contribution in [0.5, 0.6) is 5.75 Å². The van der Waals surface area contributed by atoms with Crippen LogP contribution in [0, 0.1) is 0 Å². The molecule has 0 bridgehead atoms. The fraction of sp³-hybridized carbons (Fsp3) is 0.353. The maximum absolute atomic E-state index is 5.40. The lowest BCUT2D eigenvalue weighted by atomic mass is 10.0. The van der Waals surface area contributed by atoms with E-state index in [0.29, 0.717) is 12.1 Å². The van der Waals surface area contributed by atoms with Gasteiger partial charge in [0.25, 0.3) is 0 Å². The smallest absolute Gasteiger partial charge is 0.122 e. The van der Waals surface area contributed by atoms with Crippen molar-refractivity contribution in [1.29, 1.82) is 0 Å². The summed E-state index contributed by atoms with van der Waals surface area (Å²) in [6.07, 6.45) is 4.61. The van der Waals surface area contributed by atoms with E-state index in [1.165, 1.54) is 11.1 Å². The van der Waals surface area contributed by atoms with E-state index in [-0.39, 0.29) is 0 Å². The molecule has 0 fully saturated rings. The minimum absolute atomic E-state index is 0.308. The molecule has 2 atom stereocenters. The Kier molecular flexibility index (Phi) is 5.13. The number of ether oxygens (including phenoxy) is 1. The molecule has 3 heteroatoms. The second-order valence-corrected chi connectivity index (χ2v) is 5.09. The van der Waals surface area contributed by atoms with Gasteiger partial charge in [-0.2, -0.15) is 0 Å². The number of nitrogens with zero attached hydrogens (tertiary/aromatic N) is 1. The maximum atomic E-state index is 5.40. The highest BCUT2D eigenvalue weighted by Gasteiger charge is 2.11. The number of methoxy groups -OCH3 is 1. The van der Waals surface area contributed by atoms with Crippen LogP contribution in [0.4, 0.5) is 0 Å². The quantitative estimate of drug-likeness (QED) is 0.874. The lowest BCUT2D eigenvalue weighted by molar-refractivity contribution is 0.403. The van der Waals surface area contributed by atoms with Crippen molar-refractivity contribution < 1.29 is 4.74 Å². The van der Waals surface area contributed by atoms with Crippen LogP contribution >= 0.6 is 0 Å². The second-order valence-electron chi connectivity index (χ2n) is 5.09. The summed E-state index contributed by atoms with van der Waals surface area (Å²) in [6.45, 7) is 4.37. The molecule has 0 aliphatic carbocycles. The second kappa shape index (κ2) is 7.06. The van der Waals surface area contributed by atoms with Crippen molar-refractivity contribution in [2.45, 2.75) is 32.4 Å². The van der Waals surface area contributed by atoms with E-state index in [2.05, 4.69) is 36.3 Å². The van der Waals surface area contributed by atoms with E-state index in [9.17, 15) is 0 Å². The van der Waals surface area contributed by atoms with Crippen LogP contribution in [0.3, 0.4) is 0 Å². The van der Waals surface area contributed by atoms with Gasteiger partial charge in [-0.05, 0) is 49.6 Å². The molecule has 2 rings (SSSR count). The summed E-state index contributed by atoms with van der Waals surface area (Å²) >= 11 is 0. The normalized spacial score (nSPS) is 13.8. The number of nitrogens with one attached hydrogen (secondary N) is 1. The van der Waals surface area contributed by atoms with Gasteiger partial charge in [-0.3, -0.25) is 4.98 Å². The Bertz CT molecular complexity index is 528. The predicted molar refractivity (Wildman–Crippen MR) is 81.9 cm³/mol. The zero-order valence-electron chi connectivity index (χ0n) is 12.3. The molecular formula is C17H22N2O. The lowest BCUT2D eigenvalue weighted by Crippen LogP contribution is -2.30. The van der Waals surface area contributed by atoms with Crippen LogP contribution < -0.4 is 10.1 Å². The van der Waals surface area contributed by atoms with E-state index >= 15 is 0 Å². The number of para-hydroxylation sites is 1. The average molecular weight is 270 g/mol. The molecular weight excluding hydrogens is 248 g/mol. The van der Waals surface area contributed by atoms with Gasteiger partial charge in [-0.25, -0.2) is 0 Å². The standard InChI is InChI=1S/C17H22N2O/c1-13(12-16-6-4-5-7-17(16)20-3)19-14(2)15-8-10-18-11-9-15/h4-11,13-14,19H,12H2,1-3H3/t13?,14-/m0/s1. The van der Waals surface area contributed by atoms with Crippen LogP contribution in [-0.4, -0.2) is 18.1 Å². The van der Waals surface area contributed by atoms with Gasteiger partial charge >= 0.3 is 0 Å². The van der Waals surface area contributed by atoms with Crippen molar-refractivity contribution in [2.75, 3.05) is 7.11 Å². The fourth-order valence-corrected chi connectivity index (χ4v) is 2.44. The van der Waals surface area contributed by atoms with Crippen molar-refractivity contribution in [3.05, 3.63) is 59.9 Å². The molecule has 0 aliphatic heterocycles. The highest BCUT2D eigenvalue weighted by molar-refractivity contribution is 5.33. The molecule has 0 saturated heterocycles. The average Bonchev–Trinajstić information content (AvgIpc) is 2.48. The summed E-state index contributed by atoms with van der Waals surface area (Å²) in [5, 5.41) is 3.61. The van der Waals surface area contributed by atoms with Crippen molar-refractivity contribution >= 4 is 0 Å². The van der Waals surface area contributed by atoms with E-state index in [0.717, 1.165) is 12.2 Å². The first-order valence-corrected chi connectivity index (χ1v) is 6.98. The molecule has 1 aromatic heterocycles. The van der Waals surface area contributed by atoms with E-state index in [4.69, 9.17) is 4.74 Å².